The van der Waals surface area contributed by atoms with Gasteiger partial charge in [-0.1, -0.05) is 40.2 Å². The smallest absolute Gasteiger partial charge is 0.259 e. The number of benzene rings is 2. The Bertz CT molecular complexity index is 716. The molecular weight excluding hydrogens is 358 g/mol. The molecule has 0 unspecified atom stereocenters. The van der Waals surface area contributed by atoms with Crippen molar-refractivity contribution in [2.24, 2.45) is 5.10 Å². The van der Waals surface area contributed by atoms with E-state index in [0.717, 1.165) is 27.2 Å². The Balaban J connectivity index is 1.89. The van der Waals surface area contributed by atoms with E-state index in [0.29, 0.717) is 0 Å². The minimum absolute atomic E-state index is 0.125. The molecule has 6 heteroatoms. The molecule has 120 valence electrons. The molecule has 2 rings (SSSR count). The Labute approximate surface area is 143 Å². The van der Waals surface area contributed by atoms with Gasteiger partial charge in [-0.05, 0) is 25.1 Å². The van der Waals surface area contributed by atoms with Crippen LogP contribution in [0.15, 0.2) is 58.1 Å². The Hall–Kier alpha value is -2.34. The molecule has 0 atom stereocenters. The van der Waals surface area contributed by atoms with Crippen molar-refractivity contribution in [3.05, 3.63) is 58.6 Å². The summed E-state index contributed by atoms with van der Waals surface area (Å²) in [5.74, 6) is 0.512. The predicted molar refractivity (Wildman–Crippen MR) is 96.0 cm³/mol. The lowest BCUT2D eigenvalue weighted by Crippen LogP contribution is -2.26. The molecule has 1 amide bonds. The summed E-state index contributed by atoms with van der Waals surface area (Å²) in [7, 11) is 1.60. The van der Waals surface area contributed by atoms with Crippen LogP contribution in [-0.2, 0) is 4.79 Å². The number of hydrogen-bond donors (Lipinski definition) is 2. The zero-order chi connectivity index (χ0) is 16.7. The summed E-state index contributed by atoms with van der Waals surface area (Å²) in [4.78, 5) is 11.9. The SMILES string of the molecule is COc1cccc(NCC(=O)N/N=C(/C)c2ccccc2Br)c1. The number of amides is 1. The maximum Gasteiger partial charge on any atom is 0.259 e. The van der Waals surface area contributed by atoms with Crippen LogP contribution < -0.4 is 15.5 Å². The van der Waals surface area contributed by atoms with E-state index >= 15 is 0 Å². The van der Waals surface area contributed by atoms with Crippen LogP contribution in [0.4, 0.5) is 5.69 Å². The molecule has 0 aliphatic heterocycles. The first-order chi connectivity index (χ1) is 11.1. The first kappa shape index (κ1) is 17.0. The fourth-order valence-corrected chi connectivity index (χ4v) is 2.49. The van der Waals surface area contributed by atoms with Gasteiger partial charge in [0.15, 0.2) is 0 Å². The third-order valence-electron chi connectivity index (χ3n) is 3.13. The molecule has 2 aromatic carbocycles. The first-order valence-electron chi connectivity index (χ1n) is 7.06. The molecular formula is C17H18BrN3O2. The van der Waals surface area contributed by atoms with E-state index in [1.807, 2.05) is 55.5 Å². The molecule has 0 spiro atoms. The first-order valence-corrected chi connectivity index (χ1v) is 7.85. The largest absolute Gasteiger partial charge is 0.497 e. The predicted octanol–water partition coefficient (Wildman–Crippen LogP) is 3.41. The third kappa shape index (κ3) is 5.10. The van der Waals surface area contributed by atoms with Crippen LogP contribution in [0.3, 0.4) is 0 Å². The van der Waals surface area contributed by atoms with Crippen LogP contribution in [0.1, 0.15) is 12.5 Å². The van der Waals surface area contributed by atoms with Gasteiger partial charge >= 0.3 is 0 Å². The van der Waals surface area contributed by atoms with Gasteiger partial charge in [0.2, 0.25) is 0 Å². The van der Waals surface area contributed by atoms with E-state index in [9.17, 15) is 4.79 Å². The number of ether oxygens (including phenoxy) is 1. The second-order valence-electron chi connectivity index (χ2n) is 4.80. The number of rotatable bonds is 6. The van der Waals surface area contributed by atoms with E-state index in [-0.39, 0.29) is 12.5 Å². The van der Waals surface area contributed by atoms with Gasteiger partial charge in [-0.25, -0.2) is 5.43 Å². The lowest BCUT2D eigenvalue weighted by atomic mass is 10.1. The highest BCUT2D eigenvalue weighted by atomic mass is 79.9. The molecule has 0 saturated carbocycles. The van der Waals surface area contributed by atoms with Crippen molar-refractivity contribution in [1.29, 1.82) is 0 Å². The molecule has 0 bridgehead atoms. The van der Waals surface area contributed by atoms with Crippen LogP contribution >= 0.6 is 15.9 Å². The van der Waals surface area contributed by atoms with Crippen LogP contribution in [0.2, 0.25) is 0 Å². The Morgan fingerprint density at radius 1 is 1.22 bits per heavy atom. The van der Waals surface area contributed by atoms with E-state index in [1.54, 1.807) is 7.11 Å². The van der Waals surface area contributed by atoms with E-state index < -0.39 is 0 Å². The highest BCUT2D eigenvalue weighted by molar-refractivity contribution is 9.10. The molecule has 5 nitrogen and oxygen atoms in total. The average molecular weight is 376 g/mol. The molecule has 0 aromatic heterocycles. The zero-order valence-corrected chi connectivity index (χ0v) is 14.6. The molecule has 2 N–H and O–H groups in total. The van der Waals surface area contributed by atoms with Crippen LogP contribution in [0, 0.1) is 0 Å². The quantitative estimate of drug-likeness (QED) is 0.600. The lowest BCUT2D eigenvalue weighted by molar-refractivity contribution is -0.119. The van der Waals surface area contributed by atoms with Crippen molar-refractivity contribution in [2.75, 3.05) is 19.0 Å². The van der Waals surface area contributed by atoms with Gasteiger partial charge in [0.1, 0.15) is 5.75 Å². The molecule has 0 saturated heterocycles. The number of carbonyl (C=O) groups excluding carboxylic acids is 1. The minimum Gasteiger partial charge on any atom is -0.497 e. The minimum atomic E-state index is -0.223. The summed E-state index contributed by atoms with van der Waals surface area (Å²) in [6.07, 6.45) is 0. The second-order valence-corrected chi connectivity index (χ2v) is 5.65. The number of hydrazone groups is 1. The van der Waals surface area contributed by atoms with Gasteiger partial charge in [-0.3, -0.25) is 4.79 Å². The standard InChI is InChI=1S/C17H18BrN3O2/c1-12(15-8-3-4-9-16(15)18)20-21-17(22)11-19-13-6-5-7-14(10-13)23-2/h3-10,19H,11H2,1-2H3,(H,21,22)/b20-12-. The fraction of sp³-hybridized carbons (Fsp3) is 0.176. The monoisotopic (exact) mass is 375 g/mol. The van der Waals surface area contributed by atoms with Crippen LogP contribution in [-0.4, -0.2) is 25.3 Å². The van der Waals surface area contributed by atoms with Gasteiger partial charge < -0.3 is 10.1 Å². The molecule has 0 fully saturated rings. The highest BCUT2D eigenvalue weighted by Gasteiger charge is 2.04. The summed E-state index contributed by atoms with van der Waals surface area (Å²) >= 11 is 3.46. The topological polar surface area (TPSA) is 62.7 Å². The summed E-state index contributed by atoms with van der Waals surface area (Å²) in [5, 5.41) is 7.15. The van der Waals surface area contributed by atoms with Gasteiger partial charge in [-0.2, -0.15) is 5.10 Å². The summed E-state index contributed by atoms with van der Waals surface area (Å²) in [6, 6.07) is 15.1. The lowest BCUT2D eigenvalue weighted by Gasteiger charge is -2.08. The second kappa shape index (κ2) is 8.33. The molecule has 0 heterocycles. The summed E-state index contributed by atoms with van der Waals surface area (Å²) in [5.41, 5.74) is 5.02. The number of nitrogens with one attached hydrogen (secondary N) is 2. The maximum absolute atomic E-state index is 11.9. The number of nitrogens with zero attached hydrogens (tertiary/aromatic N) is 1. The van der Waals surface area contributed by atoms with Gasteiger partial charge in [0.25, 0.3) is 5.91 Å². The molecule has 0 aliphatic carbocycles. The number of carbonyl (C=O) groups is 1. The van der Waals surface area contributed by atoms with Crippen molar-refractivity contribution in [1.82, 2.24) is 5.43 Å². The summed E-state index contributed by atoms with van der Waals surface area (Å²) in [6.45, 7) is 1.97. The van der Waals surface area contributed by atoms with Gasteiger partial charge in [0, 0.05) is 21.8 Å². The molecule has 0 radical (unpaired) electrons. The summed E-state index contributed by atoms with van der Waals surface area (Å²) < 4.78 is 6.07. The fourth-order valence-electron chi connectivity index (χ4n) is 1.92. The maximum atomic E-state index is 11.9. The van der Waals surface area contributed by atoms with Gasteiger partial charge in [0.05, 0.1) is 19.4 Å². The molecule has 2 aromatic rings. The number of methoxy groups -OCH3 is 1. The number of hydrogen-bond acceptors (Lipinski definition) is 4. The number of halogens is 1. The highest BCUT2D eigenvalue weighted by Crippen LogP contribution is 2.17. The van der Waals surface area contributed by atoms with E-state index in [4.69, 9.17) is 4.74 Å². The van der Waals surface area contributed by atoms with Crippen LogP contribution in [0.5, 0.6) is 5.75 Å². The van der Waals surface area contributed by atoms with Crippen molar-refractivity contribution in [3.8, 4) is 5.75 Å². The van der Waals surface area contributed by atoms with E-state index in [2.05, 4.69) is 31.8 Å². The Kier molecular flexibility index (Phi) is 6.17. The normalized spacial score (nSPS) is 11.0. The zero-order valence-electron chi connectivity index (χ0n) is 13.0. The Morgan fingerprint density at radius 2 is 2.00 bits per heavy atom. The van der Waals surface area contributed by atoms with Crippen molar-refractivity contribution in [2.45, 2.75) is 6.92 Å². The van der Waals surface area contributed by atoms with Crippen LogP contribution in [0.25, 0.3) is 0 Å². The van der Waals surface area contributed by atoms with Crippen molar-refractivity contribution < 1.29 is 9.53 Å². The van der Waals surface area contributed by atoms with Gasteiger partial charge in [-0.15, -0.1) is 0 Å². The molecule has 0 aliphatic rings. The number of anilines is 1. The van der Waals surface area contributed by atoms with Crippen molar-refractivity contribution in [3.63, 3.8) is 0 Å². The molecule has 23 heavy (non-hydrogen) atoms. The Morgan fingerprint density at radius 3 is 2.74 bits per heavy atom. The van der Waals surface area contributed by atoms with E-state index in [1.165, 1.54) is 0 Å². The third-order valence-corrected chi connectivity index (χ3v) is 3.83. The average Bonchev–Trinajstić information content (AvgIpc) is 2.58. The van der Waals surface area contributed by atoms with Crippen molar-refractivity contribution >= 4 is 33.2 Å².